The highest BCUT2D eigenvalue weighted by Gasteiger charge is 2.19. The number of carbonyl (C=O) groups is 3. The summed E-state index contributed by atoms with van der Waals surface area (Å²) in [7, 11) is 0. The van der Waals surface area contributed by atoms with E-state index in [0.29, 0.717) is 19.3 Å². The number of hydrogen-bond donors (Lipinski definition) is 0. The summed E-state index contributed by atoms with van der Waals surface area (Å²) < 4.78 is 16.8. The number of carbonyl (C=O) groups excluding carboxylic acids is 3. The highest BCUT2D eigenvalue weighted by atomic mass is 16.6. The molecule has 1 unspecified atom stereocenters. The lowest BCUT2D eigenvalue weighted by Gasteiger charge is -2.18. The van der Waals surface area contributed by atoms with Crippen LogP contribution in [-0.4, -0.2) is 37.2 Å². The van der Waals surface area contributed by atoms with E-state index in [2.05, 4.69) is 57.2 Å². The molecule has 388 valence electrons. The van der Waals surface area contributed by atoms with E-state index in [1.807, 2.05) is 60.8 Å². The Balaban J connectivity index is 4.49. The van der Waals surface area contributed by atoms with Crippen molar-refractivity contribution in [1.82, 2.24) is 0 Å². The topological polar surface area (TPSA) is 78.9 Å². The molecule has 0 radical (unpaired) electrons. The molecule has 0 aliphatic carbocycles. The van der Waals surface area contributed by atoms with Crippen molar-refractivity contribution in [2.75, 3.05) is 13.2 Å². The summed E-state index contributed by atoms with van der Waals surface area (Å²) in [6.07, 6.45) is 73.9. The van der Waals surface area contributed by atoms with Crippen LogP contribution in [0.3, 0.4) is 0 Å². The van der Waals surface area contributed by atoms with E-state index >= 15 is 0 Å². The monoisotopic (exact) mass is 945 g/mol. The first-order valence-electron chi connectivity index (χ1n) is 28.3. The Labute approximate surface area is 419 Å². The highest BCUT2D eigenvalue weighted by molar-refractivity contribution is 5.71. The Morgan fingerprint density at radius 1 is 0.309 bits per heavy atom. The summed E-state index contributed by atoms with van der Waals surface area (Å²) in [5, 5.41) is 0. The van der Waals surface area contributed by atoms with E-state index in [0.717, 1.165) is 77.0 Å². The van der Waals surface area contributed by atoms with E-state index in [-0.39, 0.29) is 31.1 Å². The zero-order valence-corrected chi connectivity index (χ0v) is 44.3. The maximum atomic E-state index is 12.9. The maximum absolute atomic E-state index is 12.9. The van der Waals surface area contributed by atoms with Gasteiger partial charge in [0.15, 0.2) is 6.10 Å². The van der Waals surface area contributed by atoms with Gasteiger partial charge in [0.2, 0.25) is 0 Å². The predicted octanol–water partition coefficient (Wildman–Crippen LogP) is 18.9. The van der Waals surface area contributed by atoms with Crippen molar-refractivity contribution in [2.45, 2.75) is 264 Å². The Bertz CT molecular complexity index is 1360. The summed E-state index contributed by atoms with van der Waals surface area (Å²) in [6.45, 7) is 6.45. The molecule has 0 fully saturated rings. The van der Waals surface area contributed by atoms with Crippen molar-refractivity contribution in [3.63, 3.8) is 0 Å². The van der Waals surface area contributed by atoms with E-state index in [1.54, 1.807) is 0 Å². The lowest BCUT2D eigenvalue weighted by Crippen LogP contribution is -2.30. The van der Waals surface area contributed by atoms with Crippen molar-refractivity contribution in [1.29, 1.82) is 0 Å². The third-order valence-electron chi connectivity index (χ3n) is 12.0. The summed E-state index contributed by atoms with van der Waals surface area (Å²) in [6, 6.07) is 0. The van der Waals surface area contributed by atoms with Gasteiger partial charge in [-0.2, -0.15) is 0 Å². The van der Waals surface area contributed by atoms with Crippen LogP contribution >= 0.6 is 0 Å². The SMILES string of the molecule is CC\C=C/C=C\C=C/C=C\C=C\C=C/CCCCCC(=O)OCC(COC(=O)CCCCCCC/C=C\CCCCCCCCC)OC(=O)CCCCCCCCC/C=C\CCCCCCCC. The van der Waals surface area contributed by atoms with E-state index in [4.69, 9.17) is 14.2 Å². The average Bonchev–Trinajstić information content (AvgIpc) is 3.34. The largest absolute Gasteiger partial charge is 0.462 e. The van der Waals surface area contributed by atoms with Crippen molar-refractivity contribution in [3.8, 4) is 0 Å². The van der Waals surface area contributed by atoms with Crippen LogP contribution in [0.2, 0.25) is 0 Å². The van der Waals surface area contributed by atoms with Gasteiger partial charge in [-0.25, -0.2) is 0 Å². The van der Waals surface area contributed by atoms with Crippen molar-refractivity contribution >= 4 is 17.9 Å². The number of rotatable bonds is 50. The molecule has 6 nitrogen and oxygen atoms in total. The highest BCUT2D eigenvalue weighted by Crippen LogP contribution is 2.15. The molecule has 1 atom stereocenters. The summed E-state index contributed by atoms with van der Waals surface area (Å²) in [4.78, 5) is 38.1. The van der Waals surface area contributed by atoms with Gasteiger partial charge in [-0.15, -0.1) is 0 Å². The van der Waals surface area contributed by atoms with Crippen LogP contribution < -0.4 is 0 Å². The van der Waals surface area contributed by atoms with Gasteiger partial charge in [0.05, 0.1) is 0 Å². The molecule has 0 aromatic carbocycles. The molecule has 0 bridgehead atoms. The smallest absolute Gasteiger partial charge is 0.306 e. The fourth-order valence-electron chi connectivity index (χ4n) is 7.70. The van der Waals surface area contributed by atoms with Crippen molar-refractivity contribution < 1.29 is 28.6 Å². The van der Waals surface area contributed by atoms with Crippen LogP contribution in [-0.2, 0) is 28.6 Å². The predicted molar refractivity (Wildman–Crippen MR) is 293 cm³/mol. The lowest BCUT2D eigenvalue weighted by molar-refractivity contribution is -0.167. The molecule has 68 heavy (non-hydrogen) atoms. The van der Waals surface area contributed by atoms with Crippen LogP contribution in [0.1, 0.15) is 258 Å². The van der Waals surface area contributed by atoms with Gasteiger partial charge in [0.25, 0.3) is 0 Å². The van der Waals surface area contributed by atoms with Crippen LogP contribution in [0.15, 0.2) is 97.2 Å². The molecule has 0 heterocycles. The van der Waals surface area contributed by atoms with Gasteiger partial charge in [0, 0.05) is 19.3 Å². The Morgan fingerprint density at radius 2 is 0.588 bits per heavy atom. The molecule has 6 heteroatoms. The van der Waals surface area contributed by atoms with Gasteiger partial charge < -0.3 is 14.2 Å². The van der Waals surface area contributed by atoms with E-state index in [1.165, 1.54) is 141 Å². The number of unbranched alkanes of at least 4 members (excludes halogenated alkanes) is 28. The second-order valence-corrected chi connectivity index (χ2v) is 18.6. The second-order valence-electron chi connectivity index (χ2n) is 18.6. The standard InChI is InChI=1S/C62H104O6/c1-4-7-10-13-16-19-22-25-28-31-34-37-40-43-46-49-52-55-61(64)67-58-59(57-66-60(63)54-51-48-45-42-39-36-33-30-27-24-21-18-15-12-9-6-3)68-62(65)56-53-50-47-44-41-38-35-32-29-26-23-20-17-14-11-8-5-2/h7,10,13,16,19,22,25-26,28-31,33-34,37,40,59H,4-6,8-9,11-12,14-15,17-18,20-21,23-24,27,32,35-36,38-39,41-58H2,1-3H3/b10-7-,16-13-,22-19-,28-25-,29-26-,33-30-,34-31+,40-37-. The number of esters is 3. The molecule has 0 spiro atoms. The third-order valence-corrected chi connectivity index (χ3v) is 12.0. The fraction of sp³-hybridized carbons (Fsp3) is 0.694. The summed E-state index contributed by atoms with van der Waals surface area (Å²) in [5.74, 6) is -0.952. The van der Waals surface area contributed by atoms with E-state index in [9.17, 15) is 14.4 Å². The lowest BCUT2D eigenvalue weighted by atomic mass is 10.1. The van der Waals surface area contributed by atoms with Gasteiger partial charge in [-0.3, -0.25) is 14.4 Å². The maximum Gasteiger partial charge on any atom is 0.306 e. The van der Waals surface area contributed by atoms with Crippen molar-refractivity contribution in [2.24, 2.45) is 0 Å². The number of ether oxygens (including phenoxy) is 3. The first kappa shape index (κ1) is 64.3. The fourth-order valence-corrected chi connectivity index (χ4v) is 7.70. The molecular weight excluding hydrogens is 841 g/mol. The van der Waals surface area contributed by atoms with Crippen LogP contribution in [0, 0.1) is 0 Å². The molecule has 0 amide bonds. The zero-order chi connectivity index (χ0) is 49.3. The molecule has 0 aliphatic rings. The summed E-state index contributed by atoms with van der Waals surface area (Å²) >= 11 is 0. The third kappa shape index (κ3) is 53.3. The molecule has 0 N–H and O–H groups in total. The molecule has 0 aliphatic heterocycles. The van der Waals surface area contributed by atoms with Crippen molar-refractivity contribution in [3.05, 3.63) is 97.2 Å². The summed E-state index contributed by atoms with van der Waals surface area (Å²) in [5.41, 5.74) is 0. The van der Waals surface area contributed by atoms with Gasteiger partial charge >= 0.3 is 17.9 Å². The molecule has 0 aromatic rings. The molecular formula is C62H104O6. The Kier molecular flexibility index (Phi) is 52.9. The molecule has 0 aromatic heterocycles. The molecule has 0 saturated heterocycles. The minimum absolute atomic E-state index is 0.0984. The first-order chi connectivity index (χ1) is 33.5. The number of allylic oxidation sites excluding steroid dienone is 16. The Morgan fingerprint density at radius 3 is 0.956 bits per heavy atom. The minimum atomic E-state index is -0.803. The van der Waals surface area contributed by atoms with Crippen LogP contribution in [0.5, 0.6) is 0 Å². The minimum Gasteiger partial charge on any atom is -0.462 e. The molecule has 0 rings (SSSR count). The average molecular weight is 946 g/mol. The second kappa shape index (κ2) is 55.9. The number of hydrogen-bond acceptors (Lipinski definition) is 6. The van der Waals surface area contributed by atoms with Gasteiger partial charge in [0.1, 0.15) is 13.2 Å². The van der Waals surface area contributed by atoms with Gasteiger partial charge in [-0.05, 0) is 89.9 Å². The first-order valence-corrected chi connectivity index (χ1v) is 28.3. The van der Waals surface area contributed by atoms with Gasteiger partial charge in [-0.1, -0.05) is 246 Å². The zero-order valence-electron chi connectivity index (χ0n) is 44.3. The van der Waals surface area contributed by atoms with Crippen LogP contribution in [0.4, 0.5) is 0 Å². The Hall–Kier alpha value is -3.67. The molecule has 0 saturated carbocycles. The normalized spacial score (nSPS) is 12.8. The quantitative estimate of drug-likeness (QED) is 0.0199. The van der Waals surface area contributed by atoms with Crippen LogP contribution in [0.25, 0.3) is 0 Å². The van der Waals surface area contributed by atoms with E-state index < -0.39 is 6.10 Å².